The van der Waals surface area contributed by atoms with E-state index in [4.69, 9.17) is 4.98 Å². The number of carbonyl (C=O) groups is 1. The number of aryl methyl sites for hydroxylation is 2. The first-order valence-electron chi connectivity index (χ1n) is 9.31. The Labute approximate surface area is 173 Å². The molecule has 0 atom stereocenters. The van der Waals surface area contributed by atoms with Crippen molar-refractivity contribution in [3.63, 3.8) is 0 Å². The summed E-state index contributed by atoms with van der Waals surface area (Å²) in [5.41, 5.74) is 3.94. The summed E-state index contributed by atoms with van der Waals surface area (Å²) in [6.45, 7) is 5.31. The molecule has 0 spiro atoms. The molecule has 2 aromatic carbocycles. The number of nitro groups is 1. The quantitative estimate of drug-likeness (QED) is 0.433. The summed E-state index contributed by atoms with van der Waals surface area (Å²) in [5.74, 6) is -0.0749. The molecule has 3 rings (SSSR count). The highest BCUT2D eigenvalue weighted by molar-refractivity contribution is 7.22. The van der Waals surface area contributed by atoms with Gasteiger partial charge in [0.2, 0.25) is 5.91 Å². The molecule has 0 radical (unpaired) electrons. The summed E-state index contributed by atoms with van der Waals surface area (Å²) in [7, 11) is 3.93. The van der Waals surface area contributed by atoms with Crippen molar-refractivity contribution in [1.82, 2.24) is 9.88 Å². The summed E-state index contributed by atoms with van der Waals surface area (Å²) in [4.78, 5) is 32.0. The maximum absolute atomic E-state index is 13.1. The Balaban J connectivity index is 1.89. The number of non-ortho nitro benzene ring substituents is 1. The SMILES string of the molecule is Cc1cc(C)c2nc(N(CCN(C)C)C(=O)Cc3ccc([N+](=O)[O-])cc3)sc2c1. The molecule has 0 aliphatic heterocycles. The van der Waals surface area contributed by atoms with Gasteiger partial charge in [0.1, 0.15) is 0 Å². The maximum atomic E-state index is 13.1. The number of nitro benzene ring substituents is 1. The second kappa shape index (κ2) is 8.67. The molecule has 152 valence electrons. The van der Waals surface area contributed by atoms with Gasteiger partial charge < -0.3 is 4.90 Å². The molecule has 7 nitrogen and oxygen atoms in total. The molecule has 3 aromatic rings. The van der Waals surface area contributed by atoms with Crippen LogP contribution >= 0.6 is 11.3 Å². The average molecular weight is 413 g/mol. The zero-order chi connectivity index (χ0) is 21.1. The van der Waals surface area contributed by atoms with Gasteiger partial charge in [0.05, 0.1) is 21.6 Å². The summed E-state index contributed by atoms with van der Waals surface area (Å²) in [5, 5.41) is 11.5. The van der Waals surface area contributed by atoms with E-state index in [0.717, 1.165) is 21.3 Å². The molecule has 0 saturated heterocycles. The van der Waals surface area contributed by atoms with Gasteiger partial charge in [-0.3, -0.25) is 19.8 Å². The molecule has 0 aliphatic carbocycles. The molecule has 29 heavy (non-hydrogen) atoms. The number of nitrogens with zero attached hydrogens (tertiary/aromatic N) is 4. The number of hydrogen-bond donors (Lipinski definition) is 0. The minimum absolute atomic E-state index is 0.0164. The molecule has 1 heterocycles. The van der Waals surface area contributed by atoms with Crippen LogP contribution in [0.3, 0.4) is 0 Å². The van der Waals surface area contributed by atoms with E-state index >= 15 is 0 Å². The number of aromatic nitrogens is 1. The topological polar surface area (TPSA) is 79.6 Å². The molecule has 0 unspecified atom stereocenters. The molecule has 0 N–H and O–H groups in total. The number of anilines is 1. The number of thiazole rings is 1. The average Bonchev–Trinajstić information content (AvgIpc) is 3.06. The number of benzene rings is 2. The first kappa shape index (κ1) is 20.9. The van der Waals surface area contributed by atoms with E-state index in [1.54, 1.807) is 17.0 Å². The van der Waals surface area contributed by atoms with Gasteiger partial charge in [0, 0.05) is 25.2 Å². The lowest BCUT2D eigenvalue weighted by molar-refractivity contribution is -0.384. The van der Waals surface area contributed by atoms with Crippen molar-refractivity contribution in [2.75, 3.05) is 32.1 Å². The highest BCUT2D eigenvalue weighted by Gasteiger charge is 2.21. The van der Waals surface area contributed by atoms with Gasteiger partial charge in [-0.25, -0.2) is 4.98 Å². The van der Waals surface area contributed by atoms with E-state index in [1.165, 1.54) is 29.0 Å². The molecule has 8 heteroatoms. The molecular weight excluding hydrogens is 388 g/mol. The van der Waals surface area contributed by atoms with Crippen molar-refractivity contribution in [3.05, 3.63) is 63.2 Å². The van der Waals surface area contributed by atoms with Crippen LogP contribution in [0.1, 0.15) is 16.7 Å². The first-order chi connectivity index (χ1) is 13.7. The summed E-state index contributed by atoms with van der Waals surface area (Å²) < 4.78 is 1.07. The number of rotatable bonds is 7. The van der Waals surface area contributed by atoms with Crippen molar-refractivity contribution in [2.24, 2.45) is 0 Å². The number of hydrogen-bond acceptors (Lipinski definition) is 6. The van der Waals surface area contributed by atoms with E-state index in [2.05, 4.69) is 19.1 Å². The van der Waals surface area contributed by atoms with E-state index in [9.17, 15) is 14.9 Å². The molecule has 0 aliphatic rings. The molecule has 1 aromatic heterocycles. The van der Waals surface area contributed by atoms with Crippen LogP contribution in [0.5, 0.6) is 0 Å². The van der Waals surface area contributed by atoms with Crippen molar-refractivity contribution in [1.29, 1.82) is 0 Å². The van der Waals surface area contributed by atoms with E-state index in [0.29, 0.717) is 18.2 Å². The van der Waals surface area contributed by atoms with Crippen LogP contribution in [0.25, 0.3) is 10.2 Å². The zero-order valence-electron chi connectivity index (χ0n) is 17.0. The molecular formula is C21H24N4O3S. The third-order valence-corrected chi connectivity index (χ3v) is 5.65. The van der Waals surface area contributed by atoms with Crippen molar-refractivity contribution in [3.8, 4) is 0 Å². The van der Waals surface area contributed by atoms with Crippen LogP contribution in [-0.4, -0.2) is 47.9 Å². The molecule has 0 saturated carbocycles. The number of carbonyl (C=O) groups excluding carboxylic acids is 1. The summed E-state index contributed by atoms with van der Waals surface area (Å²) >= 11 is 1.52. The van der Waals surface area contributed by atoms with Gasteiger partial charge >= 0.3 is 0 Å². The fraction of sp³-hybridized carbons (Fsp3) is 0.333. The van der Waals surface area contributed by atoms with E-state index in [1.807, 2.05) is 25.9 Å². The highest BCUT2D eigenvalue weighted by Crippen LogP contribution is 2.32. The van der Waals surface area contributed by atoms with Gasteiger partial charge in [-0.2, -0.15) is 0 Å². The first-order valence-corrected chi connectivity index (χ1v) is 10.1. The monoisotopic (exact) mass is 412 g/mol. The van der Waals surface area contributed by atoms with Crippen LogP contribution in [0.2, 0.25) is 0 Å². The normalized spacial score (nSPS) is 11.2. The Morgan fingerprint density at radius 3 is 2.45 bits per heavy atom. The lowest BCUT2D eigenvalue weighted by Gasteiger charge is -2.22. The Bertz CT molecular complexity index is 1040. The number of fused-ring (bicyclic) bond motifs is 1. The second-order valence-electron chi connectivity index (χ2n) is 7.37. The second-order valence-corrected chi connectivity index (χ2v) is 8.38. The molecule has 0 fully saturated rings. The van der Waals surface area contributed by atoms with Crippen LogP contribution in [0.4, 0.5) is 10.8 Å². The fourth-order valence-electron chi connectivity index (χ4n) is 3.11. The molecule has 0 bridgehead atoms. The molecule has 1 amide bonds. The van der Waals surface area contributed by atoms with Crippen molar-refractivity contribution >= 4 is 38.3 Å². The van der Waals surface area contributed by atoms with E-state index < -0.39 is 4.92 Å². The third kappa shape index (κ3) is 4.96. The van der Waals surface area contributed by atoms with Crippen molar-refractivity contribution < 1.29 is 9.72 Å². The van der Waals surface area contributed by atoms with Crippen LogP contribution in [-0.2, 0) is 11.2 Å². The Hall–Kier alpha value is -2.84. The van der Waals surface area contributed by atoms with Gasteiger partial charge in [-0.1, -0.05) is 29.5 Å². The standard InChI is InChI=1S/C21H24N4O3S/c1-14-11-15(2)20-18(12-14)29-21(22-20)24(10-9-23(3)4)19(26)13-16-5-7-17(8-6-16)25(27)28/h5-8,11-12H,9-10,13H2,1-4H3. The van der Waals surface area contributed by atoms with E-state index in [-0.39, 0.29) is 18.0 Å². The van der Waals surface area contributed by atoms with Crippen molar-refractivity contribution in [2.45, 2.75) is 20.3 Å². The lowest BCUT2D eigenvalue weighted by Crippen LogP contribution is -2.37. The Morgan fingerprint density at radius 1 is 1.14 bits per heavy atom. The Morgan fingerprint density at radius 2 is 1.83 bits per heavy atom. The maximum Gasteiger partial charge on any atom is 0.269 e. The summed E-state index contributed by atoms with van der Waals surface area (Å²) in [6.07, 6.45) is 0.166. The smallest absolute Gasteiger partial charge is 0.269 e. The minimum Gasteiger partial charge on any atom is -0.308 e. The predicted octanol–water partition coefficient (Wildman–Crippen LogP) is 3.96. The predicted molar refractivity (Wildman–Crippen MR) is 117 cm³/mol. The Kier molecular flexibility index (Phi) is 6.24. The van der Waals surface area contributed by atoms with Crippen LogP contribution in [0, 0.1) is 24.0 Å². The van der Waals surface area contributed by atoms with Gasteiger partial charge in [0.25, 0.3) is 5.69 Å². The van der Waals surface area contributed by atoms with Gasteiger partial charge in [-0.15, -0.1) is 0 Å². The van der Waals surface area contributed by atoms with Gasteiger partial charge in [0.15, 0.2) is 5.13 Å². The number of likely N-dealkylation sites (N-methyl/N-ethyl adjacent to an activating group) is 1. The van der Waals surface area contributed by atoms with Crippen LogP contribution < -0.4 is 4.90 Å². The highest BCUT2D eigenvalue weighted by atomic mass is 32.1. The zero-order valence-corrected chi connectivity index (χ0v) is 17.8. The van der Waals surface area contributed by atoms with Crippen LogP contribution in [0.15, 0.2) is 36.4 Å². The summed E-state index contributed by atoms with van der Waals surface area (Å²) in [6, 6.07) is 10.3. The number of amides is 1. The fourth-order valence-corrected chi connectivity index (χ4v) is 4.29. The van der Waals surface area contributed by atoms with Gasteiger partial charge in [-0.05, 0) is 50.7 Å². The largest absolute Gasteiger partial charge is 0.308 e. The third-order valence-electron chi connectivity index (χ3n) is 4.62. The minimum atomic E-state index is -0.444. The lowest BCUT2D eigenvalue weighted by atomic mass is 10.1.